The van der Waals surface area contributed by atoms with Crippen molar-refractivity contribution in [3.8, 4) is 5.75 Å². The van der Waals surface area contributed by atoms with E-state index < -0.39 is 0 Å². The zero-order chi connectivity index (χ0) is 17.6. The first-order chi connectivity index (χ1) is 12.2. The Morgan fingerprint density at radius 2 is 2.12 bits per heavy atom. The SMILES string of the molecule is COc1ccccc1[C@@H](C[N+](=O)[O-])[C@@H]1CCCC=C1N1CCOCC1. The Hall–Kier alpha value is -2.08. The second-order valence-corrected chi connectivity index (χ2v) is 6.63. The number of nitro groups is 1. The number of morpholine rings is 1. The number of hydrogen-bond donors (Lipinski definition) is 0. The maximum Gasteiger partial charge on any atom is 0.211 e. The van der Waals surface area contributed by atoms with E-state index in [0.717, 1.165) is 56.9 Å². The summed E-state index contributed by atoms with van der Waals surface area (Å²) in [4.78, 5) is 13.6. The normalized spacial score (nSPS) is 22.2. The molecule has 1 aliphatic carbocycles. The van der Waals surface area contributed by atoms with Gasteiger partial charge in [-0.2, -0.15) is 0 Å². The lowest BCUT2D eigenvalue weighted by atomic mass is 9.77. The number of hydrogen-bond acceptors (Lipinski definition) is 5. The van der Waals surface area contributed by atoms with Gasteiger partial charge in [-0.1, -0.05) is 24.3 Å². The van der Waals surface area contributed by atoms with Gasteiger partial charge in [0, 0.05) is 35.2 Å². The summed E-state index contributed by atoms with van der Waals surface area (Å²) in [7, 11) is 1.63. The van der Waals surface area contributed by atoms with Gasteiger partial charge >= 0.3 is 0 Å². The van der Waals surface area contributed by atoms with Crippen molar-refractivity contribution in [2.24, 2.45) is 5.92 Å². The fourth-order valence-corrected chi connectivity index (χ4v) is 4.06. The fraction of sp³-hybridized carbons (Fsp3) is 0.579. The van der Waals surface area contributed by atoms with Crippen molar-refractivity contribution in [1.29, 1.82) is 0 Å². The van der Waals surface area contributed by atoms with Crippen LogP contribution in [-0.4, -0.2) is 49.8 Å². The lowest BCUT2D eigenvalue weighted by Gasteiger charge is -2.39. The van der Waals surface area contributed by atoms with Crippen LogP contribution >= 0.6 is 0 Å². The lowest BCUT2D eigenvalue weighted by molar-refractivity contribution is -0.484. The molecule has 0 saturated carbocycles. The Balaban J connectivity index is 1.94. The Morgan fingerprint density at radius 1 is 1.36 bits per heavy atom. The summed E-state index contributed by atoms with van der Waals surface area (Å²) in [6.45, 7) is 3.09. The number of para-hydroxylation sites is 1. The van der Waals surface area contributed by atoms with E-state index in [9.17, 15) is 10.1 Å². The van der Waals surface area contributed by atoms with Crippen molar-refractivity contribution in [2.45, 2.75) is 25.2 Å². The molecule has 136 valence electrons. The molecule has 0 amide bonds. The summed E-state index contributed by atoms with van der Waals surface area (Å²) in [5, 5.41) is 11.4. The van der Waals surface area contributed by atoms with Gasteiger partial charge in [-0.25, -0.2) is 0 Å². The zero-order valence-electron chi connectivity index (χ0n) is 14.7. The van der Waals surface area contributed by atoms with E-state index in [0.29, 0.717) is 0 Å². The quantitative estimate of drug-likeness (QED) is 0.585. The Kier molecular flexibility index (Phi) is 5.91. The standard InChI is InChI=1S/C19H26N2O4/c1-24-19-9-5-3-7-16(19)17(14-21(22)23)15-6-2-4-8-18(15)20-10-12-25-13-11-20/h3,5,7-9,15,17H,2,4,6,10-14H2,1H3/t15-,17-/m0/s1. The van der Waals surface area contributed by atoms with E-state index in [-0.39, 0.29) is 23.3 Å². The van der Waals surface area contributed by atoms with Crippen LogP contribution in [0.1, 0.15) is 30.7 Å². The fourth-order valence-electron chi connectivity index (χ4n) is 4.06. The lowest BCUT2D eigenvalue weighted by Crippen LogP contribution is -2.40. The molecule has 0 N–H and O–H groups in total. The van der Waals surface area contributed by atoms with Crippen LogP contribution in [0.3, 0.4) is 0 Å². The van der Waals surface area contributed by atoms with E-state index in [1.165, 1.54) is 5.70 Å². The Bertz CT molecular complexity index is 626. The van der Waals surface area contributed by atoms with E-state index in [1.807, 2.05) is 24.3 Å². The summed E-state index contributed by atoms with van der Waals surface area (Å²) in [6.07, 6.45) is 5.36. The van der Waals surface area contributed by atoms with E-state index in [1.54, 1.807) is 7.11 Å². The van der Waals surface area contributed by atoms with Gasteiger partial charge in [0.1, 0.15) is 5.75 Å². The number of methoxy groups -OCH3 is 1. The molecule has 1 saturated heterocycles. The second kappa shape index (κ2) is 8.34. The van der Waals surface area contributed by atoms with Crippen LogP contribution in [0.2, 0.25) is 0 Å². The molecule has 1 heterocycles. The molecule has 3 rings (SSSR count). The first kappa shape index (κ1) is 17.7. The summed E-state index contributed by atoms with van der Waals surface area (Å²) >= 11 is 0. The third kappa shape index (κ3) is 4.12. The molecule has 6 heteroatoms. The minimum atomic E-state index is -0.192. The highest BCUT2D eigenvalue weighted by molar-refractivity contribution is 5.38. The van der Waals surface area contributed by atoms with Crippen molar-refractivity contribution >= 4 is 0 Å². The van der Waals surface area contributed by atoms with Crippen molar-refractivity contribution in [3.05, 3.63) is 51.7 Å². The van der Waals surface area contributed by atoms with Crippen LogP contribution in [0.15, 0.2) is 36.0 Å². The molecule has 1 fully saturated rings. The summed E-state index contributed by atoms with van der Waals surface area (Å²) in [5.74, 6) is 0.704. The summed E-state index contributed by atoms with van der Waals surface area (Å²) in [6, 6.07) is 7.71. The number of allylic oxidation sites excluding steroid dienone is 2. The number of nitrogens with zero attached hydrogens (tertiary/aromatic N) is 2. The molecule has 0 aromatic heterocycles. The van der Waals surface area contributed by atoms with E-state index in [4.69, 9.17) is 9.47 Å². The summed E-state index contributed by atoms with van der Waals surface area (Å²) < 4.78 is 11.0. The molecule has 25 heavy (non-hydrogen) atoms. The zero-order valence-corrected chi connectivity index (χ0v) is 14.7. The van der Waals surface area contributed by atoms with Gasteiger partial charge in [0.25, 0.3) is 0 Å². The highest BCUT2D eigenvalue weighted by Crippen LogP contribution is 2.41. The molecule has 2 atom stereocenters. The number of ether oxygens (including phenoxy) is 2. The van der Waals surface area contributed by atoms with Crippen molar-refractivity contribution in [3.63, 3.8) is 0 Å². The third-order valence-electron chi connectivity index (χ3n) is 5.20. The average Bonchev–Trinajstić information content (AvgIpc) is 2.67. The van der Waals surface area contributed by atoms with Crippen LogP contribution in [0, 0.1) is 16.0 Å². The topological polar surface area (TPSA) is 64.8 Å². The molecule has 0 unspecified atom stereocenters. The molecule has 1 aromatic rings. The maximum atomic E-state index is 11.4. The highest BCUT2D eigenvalue weighted by atomic mass is 16.6. The second-order valence-electron chi connectivity index (χ2n) is 6.63. The van der Waals surface area contributed by atoms with Crippen LogP contribution in [0.4, 0.5) is 0 Å². The minimum Gasteiger partial charge on any atom is -0.496 e. The molecule has 1 aromatic carbocycles. The maximum absolute atomic E-state index is 11.4. The van der Waals surface area contributed by atoms with Crippen LogP contribution in [-0.2, 0) is 4.74 Å². The van der Waals surface area contributed by atoms with Crippen molar-refractivity contribution in [1.82, 2.24) is 4.90 Å². The molecule has 0 bridgehead atoms. The van der Waals surface area contributed by atoms with Crippen molar-refractivity contribution < 1.29 is 14.4 Å². The van der Waals surface area contributed by atoms with Crippen molar-refractivity contribution in [2.75, 3.05) is 40.0 Å². The molecule has 1 aliphatic heterocycles. The van der Waals surface area contributed by atoms with Gasteiger partial charge in [0.05, 0.1) is 26.2 Å². The van der Waals surface area contributed by atoms with Crippen LogP contribution < -0.4 is 4.74 Å². The van der Waals surface area contributed by atoms with Gasteiger partial charge in [-0.3, -0.25) is 10.1 Å². The van der Waals surface area contributed by atoms with Crippen LogP contribution in [0.5, 0.6) is 5.75 Å². The molecule has 0 radical (unpaired) electrons. The van der Waals surface area contributed by atoms with Gasteiger partial charge in [0.15, 0.2) is 0 Å². The predicted molar refractivity (Wildman–Crippen MR) is 95.4 cm³/mol. The first-order valence-corrected chi connectivity index (χ1v) is 8.98. The predicted octanol–water partition coefficient (Wildman–Crippen LogP) is 3.07. The average molecular weight is 346 g/mol. The Labute approximate surface area is 148 Å². The third-order valence-corrected chi connectivity index (χ3v) is 5.20. The largest absolute Gasteiger partial charge is 0.496 e. The van der Waals surface area contributed by atoms with Gasteiger partial charge < -0.3 is 14.4 Å². The first-order valence-electron chi connectivity index (χ1n) is 8.98. The Morgan fingerprint density at radius 3 is 2.84 bits per heavy atom. The summed E-state index contributed by atoms with van der Waals surface area (Å²) in [5.41, 5.74) is 2.19. The van der Waals surface area contributed by atoms with Gasteiger partial charge in [-0.05, 0) is 25.3 Å². The van der Waals surface area contributed by atoms with Gasteiger partial charge in [-0.15, -0.1) is 0 Å². The van der Waals surface area contributed by atoms with E-state index >= 15 is 0 Å². The number of rotatable bonds is 6. The van der Waals surface area contributed by atoms with Crippen LogP contribution in [0.25, 0.3) is 0 Å². The number of benzene rings is 1. The monoisotopic (exact) mass is 346 g/mol. The molecular formula is C19H26N2O4. The minimum absolute atomic E-state index is 0.0767. The smallest absolute Gasteiger partial charge is 0.211 e. The van der Waals surface area contributed by atoms with Gasteiger partial charge in [0.2, 0.25) is 6.54 Å². The molecule has 0 spiro atoms. The molecular weight excluding hydrogens is 320 g/mol. The highest BCUT2D eigenvalue weighted by Gasteiger charge is 2.35. The molecule has 6 nitrogen and oxygen atoms in total. The van der Waals surface area contributed by atoms with E-state index in [2.05, 4.69) is 11.0 Å². The molecule has 2 aliphatic rings.